The van der Waals surface area contributed by atoms with Crippen molar-refractivity contribution in [1.82, 2.24) is 10.6 Å². The van der Waals surface area contributed by atoms with Crippen LogP contribution in [0.3, 0.4) is 0 Å². The SMILES string of the molecule is CCNc1cc(C(=O)N[C@@H](Cc2ccccc2)[C@H](O)CNC(C)(C)CCCC(C)C)c(F)c(N2CCCS2(=O)=O)c1.O=CO. The van der Waals surface area contributed by atoms with E-state index in [0.717, 1.165) is 29.1 Å². The maximum Gasteiger partial charge on any atom is 0.290 e. The minimum absolute atomic E-state index is 0.0639. The third-order valence-corrected chi connectivity index (χ3v) is 9.35. The van der Waals surface area contributed by atoms with Gasteiger partial charge in [0.15, 0.2) is 5.82 Å². The molecule has 2 atom stereocenters. The smallest absolute Gasteiger partial charge is 0.290 e. The summed E-state index contributed by atoms with van der Waals surface area (Å²) in [5.41, 5.74) is 0.739. The van der Waals surface area contributed by atoms with Crippen LogP contribution in [0.1, 0.15) is 76.2 Å². The standard InChI is InChI=1S/C31H47FN4O4S.CH2O2/c1-6-33-24-19-25(29(32)27(20-24)36-16-11-17-41(36,39)40)30(38)35-26(18-23-13-8-7-9-14-23)28(37)21-34-31(4,5)15-10-12-22(2)3;2-1-3/h7-9,13-14,19-20,22,26,28,33-34,37H,6,10-12,15-18,21H2,1-5H3,(H,35,38);1H,(H,2,3)/t26-,28+;/m0./s1. The zero-order valence-electron chi connectivity index (χ0n) is 26.5. The number of rotatable bonds is 15. The van der Waals surface area contributed by atoms with E-state index in [1.807, 2.05) is 37.3 Å². The van der Waals surface area contributed by atoms with Crippen LogP contribution in [0.2, 0.25) is 0 Å². The Kier molecular flexibility index (Phi) is 14.5. The number of β-amino-alcohol motifs (C(OH)–C–C–N with tert-alkyl or cyclic N) is 1. The van der Waals surface area contributed by atoms with E-state index >= 15 is 4.39 Å². The molecule has 12 heteroatoms. The third kappa shape index (κ3) is 11.4. The molecule has 0 aromatic heterocycles. The summed E-state index contributed by atoms with van der Waals surface area (Å²) >= 11 is 0. The molecule has 0 aliphatic carbocycles. The van der Waals surface area contributed by atoms with Gasteiger partial charge in [-0.1, -0.05) is 57.0 Å². The zero-order chi connectivity index (χ0) is 32.9. The number of nitrogens with one attached hydrogen (secondary N) is 3. The number of amides is 1. The second kappa shape index (κ2) is 17.3. The van der Waals surface area contributed by atoms with Crippen molar-refractivity contribution in [3.8, 4) is 0 Å². The fraction of sp³-hybridized carbons (Fsp3) is 0.562. The minimum Gasteiger partial charge on any atom is -0.483 e. The number of hydrogen-bond donors (Lipinski definition) is 5. The van der Waals surface area contributed by atoms with Gasteiger partial charge in [0.2, 0.25) is 10.0 Å². The van der Waals surface area contributed by atoms with Crippen LogP contribution < -0.4 is 20.3 Å². The van der Waals surface area contributed by atoms with Gasteiger partial charge in [0, 0.05) is 30.9 Å². The van der Waals surface area contributed by atoms with E-state index in [9.17, 15) is 18.3 Å². The van der Waals surface area contributed by atoms with Crippen molar-refractivity contribution in [3.05, 3.63) is 59.4 Å². The molecule has 44 heavy (non-hydrogen) atoms. The van der Waals surface area contributed by atoms with Crippen molar-refractivity contribution in [2.75, 3.05) is 35.0 Å². The van der Waals surface area contributed by atoms with Gasteiger partial charge < -0.3 is 26.2 Å². The highest BCUT2D eigenvalue weighted by Crippen LogP contribution is 2.32. The summed E-state index contributed by atoms with van der Waals surface area (Å²) in [6.07, 6.45) is 2.90. The number of nitrogens with zero attached hydrogens (tertiary/aromatic N) is 1. The number of halogens is 1. The van der Waals surface area contributed by atoms with E-state index in [-0.39, 0.29) is 42.1 Å². The Balaban J connectivity index is 0.00000216. The molecule has 3 rings (SSSR count). The number of carboxylic acid groups (broad SMARTS) is 1. The molecule has 10 nitrogen and oxygen atoms in total. The summed E-state index contributed by atoms with van der Waals surface area (Å²) in [6, 6.07) is 11.6. The van der Waals surface area contributed by atoms with Gasteiger partial charge >= 0.3 is 0 Å². The fourth-order valence-corrected chi connectivity index (χ4v) is 6.69. The lowest BCUT2D eigenvalue weighted by molar-refractivity contribution is -0.122. The predicted octanol–water partition coefficient (Wildman–Crippen LogP) is 4.39. The molecule has 5 N–H and O–H groups in total. The molecule has 0 saturated carbocycles. The fourth-order valence-electron chi connectivity index (χ4n) is 5.13. The minimum atomic E-state index is -3.66. The van der Waals surface area contributed by atoms with E-state index in [1.165, 1.54) is 12.1 Å². The van der Waals surface area contributed by atoms with Crippen molar-refractivity contribution < 1.29 is 32.6 Å². The Morgan fingerprint density at radius 2 is 1.84 bits per heavy atom. The molecule has 246 valence electrons. The van der Waals surface area contributed by atoms with Crippen LogP contribution in [0.4, 0.5) is 15.8 Å². The summed E-state index contributed by atoms with van der Waals surface area (Å²) < 4.78 is 42.0. The maximum absolute atomic E-state index is 15.8. The number of carbonyl (C=O) groups excluding carboxylic acids is 1. The van der Waals surface area contributed by atoms with E-state index < -0.39 is 33.9 Å². The Labute approximate surface area is 261 Å². The van der Waals surface area contributed by atoms with E-state index in [2.05, 4.69) is 43.6 Å². The second-order valence-electron chi connectivity index (χ2n) is 12.1. The lowest BCUT2D eigenvalue weighted by Gasteiger charge is -2.31. The van der Waals surface area contributed by atoms with Crippen molar-refractivity contribution in [3.63, 3.8) is 0 Å². The van der Waals surface area contributed by atoms with Gasteiger partial charge in [-0.25, -0.2) is 12.8 Å². The molecule has 0 bridgehead atoms. The topological polar surface area (TPSA) is 148 Å². The average molecular weight is 637 g/mol. The van der Waals surface area contributed by atoms with Crippen molar-refractivity contribution in [2.45, 2.75) is 84.4 Å². The Hall–Kier alpha value is -3.22. The predicted molar refractivity (Wildman–Crippen MR) is 173 cm³/mol. The molecule has 1 amide bonds. The molecule has 1 aliphatic rings. The van der Waals surface area contributed by atoms with Crippen molar-refractivity contribution in [2.24, 2.45) is 5.92 Å². The monoisotopic (exact) mass is 636 g/mol. The third-order valence-electron chi connectivity index (χ3n) is 7.50. The highest BCUT2D eigenvalue weighted by molar-refractivity contribution is 7.93. The van der Waals surface area contributed by atoms with Crippen molar-refractivity contribution in [1.29, 1.82) is 0 Å². The summed E-state index contributed by atoms with van der Waals surface area (Å²) in [5.74, 6) is -1.05. The highest BCUT2D eigenvalue weighted by atomic mass is 32.2. The van der Waals surface area contributed by atoms with E-state index in [0.29, 0.717) is 31.0 Å². The van der Waals surface area contributed by atoms with Crippen LogP contribution in [-0.2, 0) is 21.2 Å². The molecule has 2 aromatic rings. The summed E-state index contributed by atoms with van der Waals surface area (Å²) in [6.45, 7) is 11.1. The molecule has 2 aromatic carbocycles. The molecule has 1 fully saturated rings. The van der Waals surface area contributed by atoms with Crippen LogP contribution in [-0.4, -0.2) is 74.1 Å². The number of aliphatic hydroxyl groups excluding tert-OH is 1. The highest BCUT2D eigenvalue weighted by Gasteiger charge is 2.33. The quantitative estimate of drug-likeness (QED) is 0.181. The van der Waals surface area contributed by atoms with E-state index in [1.54, 1.807) is 0 Å². The van der Waals surface area contributed by atoms with Crippen LogP contribution in [0.5, 0.6) is 0 Å². The Morgan fingerprint density at radius 1 is 1.18 bits per heavy atom. The Morgan fingerprint density at radius 3 is 2.41 bits per heavy atom. The summed E-state index contributed by atoms with van der Waals surface area (Å²) in [5, 5.41) is 27.5. The van der Waals surface area contributed by atoms with Crippen LogP contribution in [0.25, 0.3) is 0 Å². The van der Waals surface area contributed by atoms with Gasteiger partial charge in [-0.05, 0) is 63.6 Å². The van der Waals surface area contributed by atoms with Crippen molar-refractivity contribution >= 4 is 33.8 Å². The number of carbonyl (C=O) groups is 2. The number of anilines is 2. The first-order valence-corrected chi connectivity index (χ1v) is 16.8. The first kappa shape index (κ1) is 37.0. The largest absolute Gasteiger partial charge is 0.483 e. The molecule has 0 radical (unpaired) electrons. The molecular weight excluding hydrogens is 587 g/mol. The molecule has 0 unspecified atom stereocenters. The van der Waals surface area contributed by atoms with Crippen LogP contribution in [0.15, 0.2) is 42.5 Å². The zero-order valence-corrected chi connectivity index (χ0v) is 27.3. The first-order chi connectivity index (χ1) is 20.7. The normalized spacial score (nSPS) is 15.7. The number of sulfonamides is 1. The second-order valence-corrected chi connectivity index (χ2v) is 14.1. The number of aliphatic hydroxyl groups is 1. The van der Waals surface area contributed by atoms with Gasteiger partial charge in [-0.2, -0.15) is 0 Å². The molecular formula is C32H49FN4O6S. The number of benzene rings is 2. The molecule has 1 saturated heterocycles. The molecule has 0 spiro atoms. The first-order valence-electron chi connectivity index (χ1n) is 15.2. The lowest BCUT2D eigenvalue weighted by Crippen LogP contribution is -2.52. The summed E-state index contributed by atoms with van der Waals surface area (Å²) in [7, 11) is -3.66. The summed E-state index contributed by atoms with van der Waals surface area (Å²) in [4.78, 5) is 21.9. The van der Waals surface area contributed by atoms with E-state index in [4.69, 9.17) is 9.90 Å². The Bertz CT molecular complexity index is 1310. The lowest BCUT2D eigenvalue weighted by atomic mass is 9.93. The van der Waals surface area contributed by atoms with Gasteiger partial charge in [0.05, 0.1) is 29.1 Å². The molecule has 1 heterocycles. The van der Waals surface area contributed by atoms with Crippen LogP contribution in [0, 0.1) is 11.7 Å². The average Bonchev–Trinajstić information content (AvgIpc) is 3.31. The molecule has 1 aliphatic heterocycles. The van der Waals surface area contributed by atoms with Gasteiger partial charge in [-0.15, -0.1) is 0 Å². The number of hydrogen-bond acceptors (Lipinski definition) is 7. The van der Waals surface area contributed by atoms with Gasteiger partial charge in [-0.3, -0.25) is 13.9 Å². The van der Waals surface area contributed by atoms with Crippen LogP contribution >= 0.6 is 0 Å². The van der Waals surface area contributed by atoms with Gasteiger partial charge in [0.1, 0.15) is 0 Å². The van der Waals surface area contributed by atoms with Gasteiger partial charge in [0.25, 0.3) is 12.4 Å². The maximum atomic E-state index is 15.8.